The molecule has 1 saturated heterocycles. The van der Waals surface area contributed by atoms with Gasteiger partial charge in [-0.1, -0.05) is 43.5 Å². The lowest BCUT2D eigenvalue weighted by Gasteiger charge is -2.38. The van der Waals surface area contributed by atoms with Crippen molar-refractivity contribution in [1.29, 1.82) is 0 Å². The van der Waals surface area contributed by atoms with Crippen LogP contribution in [0.4, 0.5) is 16.2 Å². The lowest BCUT2D eigenvalue weighted by Crippen LogP contribution is -2.48. The first-order chi connectivity index (χ1) is 19.4. The molecular weight excluding hydrogens is 502 g/mol. The normalized spacial score (nSPS) is 21.4. The van der Waals surface area contributed by atoms with Gasteiger partial charge in [0.25, 0.3) is 0 Å². The molecule has 210 valence electrons. The summed E-state index contributed by atoms with van der Waals surface area (Å²) in [5.74, 6) is -0.120. The molecule has 1 saturated carbocycles. The van der Waals surface area contributed by atoms with Crippen molar-refractivity contribution in [2.24, 2.45) is 10.2 Å². The number of piperazine rings is 1. The molecule has 2 aliphatic carbocycles. The molecule has 4 aliphatic rings. The minimum absolute atomic E-state index is 0.120. The number of azo groups is 1. The van der Waals surface area contributed by atoms with Crippen LogP contribution in [0.5, 0.6) is 0 Å². The number of anilines is 2. The smallest absolute Gasteiger partial charge is 0.333 e. The molecule has 2 heterocycles. The number of hydrazine groups is 1. The van der Waals surface area contributed by atoms with Gasteiger partial charge in [-0.15, -0.1) is 0 Å². The number of rotatable bonds is 6. The van der Waals surface area contributed by atoms with E-state index < -0.39 is 6.04 Å². The maximum Gasteiger partial charge on any atom is 0.333 e. The van der Waals surface area contributed by atoms with Gasteiger partial charge in [-0.2, -0.15) is 10.2 Å². The zero-order valence-corrected chi connectivity index (χ0v) is 23.7. The average Bonchev–Trinajstić information content (AvgIpc) is 3.53. The van der Waals surface area contributed by atoms with Gasteiger partial charge in [0.15, 0.2) is 5.78 Å². The predicted octanol–water partition coefficient (Wildman–Crippen LogP) is 5.63. The number of hydrogen-bond donors (Lipinski definition) is 2. The van der Waals surface area contributed by atoms with E-state index in [4.69, 9.17) is 0 Å². The fourth-order valence-electron chi connectivity index (χ4n) is 6.51. The second-order valence-corrected chi connectivity index (χ2v) is 11.6. The van der Waals surface area contributed by atoms with Crippen LogP contribution in [0.15, 0.2) is 58.3 Å². The average molecular weight is 542 g/mol. The Bertz CT molecular complexity index is 1340. The fourth-order valence-corrected chi connectivity index (χ4v) is 6.51. The molecule has 2 aromatic carbocycles. The number of Topliss-reactive ketones (excluding diaryl/α,β-unsaturated/α-hetero) is 1. The van der Waals surface area contributed by atoms with Crippen LogP contribution in [0.1, 0.15) is 73.5 Å². The summed E-state index contributed by atoms with van der Waals surface area (Å²) in [6.45, 7) is 8.61. The Kier molecular flexibility index (Phi) is 7.42. The number of nitrogens with one attached hydrogen (secondary N) is 2. The van der Waals surface area contributed by atoms with Gasteiger partial charge in [-0.05, 0) is 50.5 Å². The van der Waals surface area contributed by atoms with E-state index >= 15 is 0 Å². The Morgan fingerprint density at radius 3 is 2.42 bits per heavy atom. The Morgan fingerprint density at radius 2 is 1.73 bits per heavy atom. The molecule has 0 spiro atoms. The van der Waals surface area contributed by atoms with E-state index in [1.54, 1.807) is 6.07 Å². The van der Waals surface area contributed by atoms with Gasteiger partial charge in [-0.25, -0.2) is 9.80 Å². The number of carbonyl (C=O) groups excluding carboxylic acids is 2. The molecule has 2 N–H and O–H groups in total. The second kappa shape index (κ2) is 11.1. The first-order valence-corrected chi connectivity index (χ1v) is 14.6. The van der Waals surface area contributed by atoms with Gasteiger partial charge in [0.2, 0.25) is 0 Å². The van der Waals surface area contributed by atoms with Gasteiger partial charge in [-0.3, -0.25) is 15.1 Å². The Hall–Kier alpha value is -3.56. The number of amides is 2. The van der Waals surface area contributed by atoms with Crippen molar-refractivity contribution in [1.82, 2.24) is 15.3 Å². The topological polar surface area (TPSA) is 92.6 Å². The van der Waals surface area contributed by atoms with E-state index in [1.807, 2.05) is 36.3 Å². The molecule has 6 rings (SSSR count). The van der Waals surface area contributed by atoms with Crippen LogP contribution < -0.4 is 15.6 Å². The minimum atomic E-state index is -0.434. The first kappa shape index (κ1) is 26.7. The Morgan fingerprint density at radius 1 is 1.00 bits per heavy atom. The zero-order chi connectivity index (χ0) is 27.8. The largest absolute Gasteiger partial charge is 0.369 e. The molecule has 0 bridgehead atoms. The summed E-state index contributed by atoms with van der Waals surface area (Å²) in [5.41, 5.74) is 8.01. The fraction of sp³-hybridized carbons (Fsp3) is 0.484. The number of benzene rings is 2. The lowest BCUT2D eigenvalue weighted by molar-refractivity contribution is 0.103. The summed E-state index contributed by atoms with van der Waals surface area (Å²) >= 11 is 0. The monoisotopic (exact) mass is 541 g/mol. The number of ketones is 1. The van der Waals surface area contributed by atoms with Gasteiger partial charge in [0.1, 0.15) is 11.7 Å². The van der Waals surface area contributed by atoms with Crippen molar-refractivity contribution in [3.05, 3.63) is 64.7 Å². The highest BCUT2D eigenvalue weighted by molar-refractivity contribution is 6.22. The highest BCUT2D eigenvalue weighted by atomic mass is 16.2. The standard InChI is InChI=1S/C31H39N7O2/c1-20(2)37-16-18-38(19-17-37)23-14-12-21(13-15-23)28-27-29(34-33-28)24-10-7-11-25(26(24)30(27)39)32-31(40)35-36(3)22-8-5-4-6-9-22/h7,10-15,20,22,29H,4-6,8-9,16-19H2,1-3H3,(H2,32,35,40). The van der Waals surface area contributed by atoms with Gasteiger partial charge < -0.3 is 10.2 Å². The number of carbonyl (C=O) groups is 2. The van der Waals surface area contributed by atoms with Crippen LogP contribution >= 0.6 is 0 Å². The number of urea groups is 1. The van der Waals surface area contributed by atoms with E-state index in [2.05, 4.69) is 56.8 Å². The van der Waals surface area contributed by atoms with Crippen molar-refractivity contribution >= 4 is 28.9 Å². The van der Waals surface area contributed by atoms with Gasteiger partial charge in [0.05, 0.1) is 16.8 Å². The number of fused-ring (bicyclic) bond motifs is 3. The molecule has 2 aromatic rings. The molecule has 0 radical (unpaired) electrons. The molecular formula is C31H39N7O2. The van der Waals surface area contributed by atoms with Crippen LogP contribution in [0.25, 0.3) is 5.70 Å². The SMILES string of the molecule is CC(C)N1CCN(c2ccc(C3=C4C(=O)c5c(NC(=O)NN(C)C6CCCCC6)cccc5C4N=N3)cc2)CC1. The summed E-state index contributed by atoms with van der Waals surface area (Å²) in [6, 6.07) is 14.0. The quantitative estimate of drug-likeness (QED) is 0.462. The van der Waals surface area contributed by atoms with Crippen molar-refractivity contribution in [2.75, 3.05) is 43.4 Å². The molecule has 0 aromatic heterocycles. The Labute approximate surface area is 236 Å². The van der Waals surface area contributed by atoms with Crippen LogP contribution in [0, 0.1) is 0 Å². The highest BCUT2D eigenvalue weighted by Gasteiger charge is 2.42. The maximum atomic E-state index is 13.8. The van der Waals surface area contributed by atoms with Crippen molar-refractivity contribution in [3.8, 4) is 0 Å². The van der Waals surface area contributed by atoms with E-state index in [0.29, 0.717) is 34.6 Å². The summed E-state index contributed by atoms with van der Waals surface area (Å²) < 4.78 is 0. The van der Waals surface area contributed by atoms with Crippen LogP contribution in [0.3, 0.4) is 0 Å². The summed E-state index contributed by atoms with van der Waals surface area (Å²) in [4.78, 5) is 31.6. The summed E-state index contributed by atoms with van der Waals surface area (Å²) in [6.07, 6.45) is 5.78. The summed E-state index contributed by atoms with van der Waals surface area (Å²) in [5, 5.41) is 13.8. The van der Waals surface area contributed by atoms with Gasteiger partial charge in [0, 0.05) is 56.6 Å². The third kappa shape index (κ3) is 5.04. The predicted molar refractivity (Wildman–Crippen MR) is 157 cm³/mol. The van der Waals surface area contributed by atoms with Crippen LogP contribution in [-0.2, 0) is 0 Å². The zero-order valence-electron chi connectivity index (χ0n) is 23.7. The van der Waals surface area contributed by atoms with E-state index in [0.717, 1.165) is 50.1 Å². The first-order valence-electron chi connectivity index (χ1n) is 14.6. The van der Waals surface area contributed by atoms with E-state index in [1.165, 1.54) is 24.9 Å². The highest BCUT2D eigenvalue weighted by Crippen LogP contribution is 2.49. The molecule has 1 unspecified atom stereocenters. The summed E-state index contributed by atoms with van der Waals surface area (Å²) in [7, 11) is 1.91. The minimum Gasteiger partial charge on any atom is -0.369 e. The molecule has 9 nitrogen and oxygen atoms in total. The molecule has 2 aliphatic heterocycles. The van der Waals surface area contributed by atoms with Gasteiger partial charge >= 0.3 is 6.03 Å². The van der Waals surface area contributed by atoms with E-state index in [-0.39, 0.29) is 11.8 Å². The van der Waals surface area contributed by atoms with Crippen molar-refractivity contribution in [2.45, 2.75) is 64.1 Å². The molecule has 2 amide bonds. The third-order valence-corrected chi connectivity index (χ3v) is 8.86. The molecule has 2 fully saturated rings. The van der Waals surface area contributed by atoms with Crippen LogP contribution in [-0.4, -0.2) is 67.0 Å². The van der Waals surface area contributed by atoms with E-state index in [9.17, 15) is 9.59 Å². The Balaban J connectivity index is 1.18. The molecule has 40 heavy (non-hydrogen) atoms. The van der Waals surface area contributed by atoms with Crippen LogP contribution in [0.2, 0.25) is 0 Å². The number of hydrogen-bond acceptors (Lipinski definition) is 7. The van der Waals surface area contributed by atoms with Crippen molar-refractivity contribution in [3.63, 3.8) is 0 Å². The maximum absolute atomic E-state index is 13.8. The van der Waals surface area contributed by atoms with Crippen molar-refractivity contribution < 1.29 is 9.59 Å². The molecule has 1 atom stereocenters. The second-order valence-electron chi connectivity index (χ2n) is 11.6. The third-order valence-electron chi connectivity index (χ3n) is 8.86. The molecule has 9 heteroatoms. The lowest BCUT2D eigenvalue weighted by atomic mass is 9.95. The number of nitrogens with zero attached hydrogens (tertiary/aromatic N) is 5.